The fourth-order valence-corrected chi connectivity index (χ4v) is 2.10. The van der Waals surface area contributed by atoms with E-state index in [1.807, 2.05) is 6.07 Å². The van der Waals surface area contributed by atoms with E-state index in [-0.39, 0.29) is 22.6 Å². The van der Waals surface area contributed by atoms with Crippen molar-refractivity contribution in [1.29, 1.82) is 0 Å². The van der Waals surface area contributed by atoms with Crippen LogP contribution in [0.15, 0.2) is 18.2 Å². The van der Waals surface area contributed by atoms with Crippen LogP contribution in [-0.2, 0) is 6.42 Å². The van der Waals surface area contributed by atoms with Gasteiger partial charge in [-0.05, 0) is 31.6 Å². The van der Waals surface area contributed by atoms with E-state index in [1.165, 1.54) is 0 Å². The summed E-state index contributed by atoms with van der Waals surface area (Å²) in [5.74, 6) is 0. The zero-order valence-electron chi connectivity index (χ0n) is 9.27. The molecule has 0 amide bonds. The summed E-state index contributed by atoms with van der Waals surface area (Å²) in [6, 6.07) is 5.38. The number of aliphatic hydroxyl groups is 1. The van der Waals surface area contributed by atoms with Gasteiger partial charge in [0.25, 0.3) is 5.69 Å². The van der Waals surface area contributed by atoms with E-state index in [0.29, 0.717) is 12.0 Å². The molecular formula is C12H15NO3. The van der Waals surface area contributed by atoms with Gasteiger partial charge in [0.05, 0.1) is 4.92 Å². The van der Waals surface area contributed by atoms with E-state index in [1.54, 1.807) is 19.1 Å². The lowest BCUT2D eigenvalue weighted by atomic mass is 9.95. The van der Waals surface area contributed by atoms with Gasteiger partial charge in [-0.25, -0.2) is 0 Å². The average Bonchev–Trinajstić information content (AvgIpc) is 2.98. The van der Waals surface area contributed by atoms with Crippen molar-refractivity contribution in [2.24, 2.45) is 5.41 Å². The molecule has 1 saturated carbocycles. The molecule has 1 aliphatic carbocycles. The molecule has 16 heavy (non-hydrogen) atoms. The van der Waals surface area contributed by atoms with Crippen LogP contribution in [0.5, 0.6) is 0 Å². The molecule has 0 atom stereocenters. The van der Waals surface area contributed by atoms with Crippen LogP contribution < -0.4 is 0 Å². The standard InChI is InChI=1S/C12H15NO3/c1-9-3-2-4-10(11(9)13(15)16)7-12(8-14)5-6-12/h2-4,14H,5-8H2,1H3. The van der Waals surface area contributed by atoms with Gasteiger partial charge in [0.1, 0.15) is 0 Å². The number of nitrogens with zero attached hydrogens (tertiary/aromatic N) is 1. The van der Waals surface area contributed by atoms with Crippen LogP contribution in [0.25, 0.3) is 0 Å². The Morgan fingerprint density at radius 2 is 2.19 bits per heavy atom. The molecule has 0 aliphatic heterocycles. The predicted molar refractivity (Wildman–Crippen MR) is 60.3 cm³/mol. The van der Waals surface area contributed by atoms with Crippen molar-refractivity contribution in [2.45, 2.75) is 26.2 Å². The highest BCUT2D eigenvalue weighted by Gasteiger charge is 2.43. The molecule has 86 valence electrons. The third-order valence-electron chi connectivity index (χ3n) is 3.36. The Labute approximate surface area is 94.1 Å². The molecule has 0 spiro atoms. The van der Waals surface area contributed by atoms with Crippen LogP contribution in [0.1, 0.15) is 24.0 Å². The topological polar surface area (TPSA) is 63.4 Å². The first-order valence-corrected chi connectivity index (χ1v) is 5.42. The molecule has 0 radical (unpaired) electrons. The highest BCUT2D eigenvalue weighted by atomic mass is 16.6. The van der Waals surface area contributed by atoms with Gasteiger partial charge in [-0.15, -0.1) is 0 Å². The van der Waals surface area contributed by atoms with Gasteiger partial charge in [0.2, 0.25) is 0 Å². The first-order valence-electron chi connectivity index (χ1n) is 5.42. The van der Waals surface area contributed by atoms with E-state index < -0.39 is 0 Å². The lowest BCUT2D eigenvalue weighted by Gasteiger charge is -2.12. The second kappa shape index (κ2) is 3.87. The number of aliphatic hydroxyl groups excluding tert-OH is 1. The van der Waals surface area contributed by atoms with Crippen molar-refractivity contribution >= 4 is 5.69 Å². The molecule has 0 heterocycles. The first-order chi connectivity index (χ1) is 7.58. The SMILES string of the molecule is Cc1cccc(CC2(CO)CC2)c1[N+](=O)[O-]. The lowest BCUT2D eigenvalue weighted by molar-refractivity contribution is -0.386. The minimum absolute atomic E-state index is 0.0848. The number of rotatable bonds is 4. The fraction of sp³-hybridized carbons (Fsp3) is 0.500. The Hall–Kier alpha value is -1.42. The summed E-state index contributed by atoms with van der Waals surface area (Å²) < 4.78 is 0. The highest BCUT2D eigenvalue weighted by molar-refractivity contribution is 5.47. The maximum absolute atomic E-state index is 11.0. The third-order valence-corrected chi connectivity index (χ3v) is 3.36. The quantitative estimate of drug-likeness (QED) is 0.626. The molecular weight excluding hydrogens is 206 g/mol. The Kier molecular flexibility index (Phi) is 2.68. The molecule has 0 bridgehead atoms. The monoisotopic (exact) mass is 221 g/mol. The van der Waals surface area contributed by atoms with Crippen LogP contribution in [0.4, 0.5) is 5.69 Å². The molecule has 0 unspecified atom stereocenters. The number of hydrogen-bond donors (Lipinski definition) is 1. The number of nitro benzene ring substituents is 1. The summed E-state index contributed by atoms with van der Waals surface area (Å²) in [5, 5.41) is 20.2. The van der Waals surface area contributed by atoms with Crippen molar-refractivity contribution in [1.82, 2.24) is 0 Å². The van der Waals surface area contributed by atoms with E-state index >= 15 is 0 Å². The van der Waals surface area contributed by atoms with E-state index in [2.05, 4.69) is 0 Å². The molecule has 2 rings (SSSR count). The molecule has 0 aromatic heterocycles. The predicted octanol–water partition coefficient (Wildman–Crippen LogP) is 2.22. The fourth-order valence-electron chi connectivity index (χ4n) is 2.10. The maximum atomic E-state index is 11.0. The van der Waals surface area contributed by atoms with Crippen LogP contribution in [0.2, 0.25) is 0 Å². The van der Waals surface area contributed by atoms with Gasteiger partial charge < -0.3 is 5.11 Å². The molecule has 1 fully saturated rings. The zero-order valence-corrected chi connectivity index (χ0v) is 9.27. The summed E-state index contributed by atoms with van der Waals surface area (Å²) in [4.78, 5) is 10.7. The number of para-hydroxylation sites is 1. The minimum Gasteiger partial charge on any atom is -0.396 e. The smallest absolute Gasteiger partial charge is 0.275 e. The summed E-state index contributed by atoms with van der Waals surface area (Å²) >= 11 is 0. The van der Waals surface area contributed by atoms with Crippen molar-refractivity contribution in [2.75, 3.05) is 6.61 Å². The minimum atomic E-state index is -0.321. The average molecular weight is 221 g/mol. The van der Waals surface area contributed by atoms with Gasteiger partial charge >= 0.3 is 0 Å². The third kappa shape index (κ3) is 1.93. The molecule has 0 saturated heterocycles. The molecule has 1 N–H and O–H groups in total. The van der Waals surface area contributed by atoms with Gasteiger partial charge in [-0.3, -0.25) is 10.1 Å². The second-order valence-electron chi connectivity index (χ2n) is 4.67. The summed E-state index contributed by atoms with van der Waals surface area (Å²) in [5.41, 5.74) is 1.56. The summed E-state index contributed by atoms with van der Waals surface area (Å²) in [7, 11) is 0. The largest absolute Gasteiger partial charge is 0.396 e. The van der Waals surface area contributed by atoms with E-state index in [9.17, 15) is 15.2 Å². The Balaban J connectivity index is 2.33. The van der Waals surface area contributed by atoms with Gasteiger partial charge in [-0.2, -0.15) is 0 Å². The van der Waals surface area contributed by atoms with Gasteiger partial charge in [0.15, 0.2) is 0 Å². The second-order valence-corrected chi connectivity index (χ2v) is 4.67. The number of benzene rings is 1. The summed E-state index contributed by atoms with van der Waals surface area (Å²) in [6.07, 6.45) is 2.55. The van der Waals surface area contributed by atoms with Gasteiger partial charge in [-0.1, -0.05) is 18.2 Å². The Bertz CT molecular complexity index is 424. The molecule has 4 heteroatoms. The van der Waals surface area contributed by atoms with Gasteiger partial charge in [0, 0.05) is 17.7 Å². The van der Waals surface area contributed by atoms with E-state index in [4.69, 9.17) is 0 Å². The normalized spacial score (nSPS) is 17.1. The van der Waals surface area contributed by atoms with Crippen molar-refractivity contribution in [3.05, 3.63) is 39.4 Å². The Morgan fingerprint density at radius 3 is 2.69 bits per heavy atom. The molecule has 1 aliphatic rings. The lowest BCUT2D eigenvalue weighted by Crippen LogP contribution is -2.11. The molecule has 4 nitrogen and oxygen atoms in total. The van der Waals surface area contributed by atoms with Crippen molar-refractivity contribution in [3.8, 4) is 0 Å². The first kappa shape index (κ1) is 11.1. The van der Waals surface area contributed by atoms with Crippen LogP contribution in [0.3, 0.4) is 0 Å². The van der Waals surface area contributed by atoms with Crippen molar-refractivity contribution < 1.29 is 10.0 Å². The van der Waals surface area contributed by atoms with E-state index in [0.717, 1.165) is 18.4 Å². The number of aryl methyl sites for hydroxylation is 1. The van der Waals surface area contributed by atoms with Crippen molar-refractivity contribution in [3.63, 3.8) is 0 Å². The highest BCUT2D eigenvalue weighted by Crippen LogP contribution is 2.49. The van der Waals surface area contributed by atoms with Crippen LogP contribution in [0, 0.1) is 22.5 Å². The Morgan fingerprint density at radius 1 is 1.50 bits per heavy atom. The van der Waals surface area contributed by atoms with Crippen LogP contribution >= 0.6 is 0 Å². The number of hydrogen-bond acceptors (Lipinski definition) is 3. The summed E-state index contributed by atoms with van der Waals surface area (Å²) in [6.45, 7) is 1.87. The van der Waals surface area contributed by atoms with Crippen LogP contribution in [-0.4, -0.2) is 16.6 Å². The zero-order chi connectivity index (χ0) is 11.8. The molecule has 1 aromatic carbocycles. The maximum Gasteiger partial charge on any atom is 0.275 e. The molecule has 1 aromatic rings. The number of nitro groups is 1.